The molecule has 4 atom stereocenters. The summed E-state index contributed by atoms with van der Waals surface area (Å²) in [5.41, 5.74) is 0. The SMILES string of the molecule is CC(O)COC(C)COC(C)COC(C)CO.OCCCCCCO. The Morgan fingerprint density at radius 2 is 1.00 bits per heavy atom. The van der Waals surface area contributed by atoms with E-state index in [-0.39, 0.29) is 38.1 Å². The highest BCUT2D eigenvalue weighted by Crippen LogP contribution is 2.00. The van der Waals surface area contributed by atoms with Crippen LogP contribution < -0.4 is 0 Å². The molecule has 25 heavy (non-hydrogen) atoms. The van der Waals surface area contributed by atoms with Crippen LogP contribution in [0, 0.1) is 0 Å². The third-order valence-electron chi connectivity index (χ3n) is 3.18. The van der Waals surface area contributed by atoms with Gasteiger partial charge in [0, 0.05) is 13.2 Å². The van der Waals surface area contributed by atoms with Crippen LogP contribution in [-0.2, 0) is 14.2 Å². The van der Waals surface area contributed by atoms with Crippen molar-refractivity contribution in [3.05, 3.63) is 0 Å². The normalized spacial score (nSPS) is 15.8. The maximum Gasteiger partial charge on any atom is 0.0781 e. The monoisotopic (exact) mass is 368 g/mol. The smallest absolute Gasteiger partial charge is 0.0781 e. The number of aliphatic hydroxyl groups excluding tert-OH is 4. The van der Waals surface area contributed by atoms with Crippen molar-refractivity contribution in [2.45, 2.75) is 77.8 Å². The summed E-state index contributed by atoms with van der Waals surface area (Å²) >= 11 is 0. The molecular weight excluding hydrogens is 328 g/mol. The Morgan fingerprint density at radius 1 is 0.600 bits per heavy atom. The van der Waals surface area contributed by atoms with E-state index < -0.39 is 6.10 Å². The first-order chi connectivity index (χ1) is 11.9. The lowest BCUT2D eigenvalue weighted by molar-refractivity contribution is -0.0825. The highest BCUT2D eigenvalue weighted by molar-refractivity contribution is 4.55. The van der Waals surface area contributed by atoms with E-state index in [1.165, 1.54) is 0 Å². The van der Waals surface area contributed by atoms with Gasteiger partial charge >= 0.3 is 0 Å². The number of ether oxygens (including phenoxy) is 3. The Morgan fingerprint density at radius 3 is 1.36 bits per heavy atom. The molecule has 0 aromatic heterocycles. The van der Waals surface area contributed by atoms with Gasteiger partial charge in [-0.05, 0) is 40.5 Å². The lowest BCUT2D eigenvalue weighted by Gasteiger charge is -2.19. The van der Waals surface area contributed by atoms with E-state index in [0.29, 0.717) is 19.8 Å². The zero-order valence-electron chi connectivity index (χ0n) is 16.4. The molecule has 0 aliphatic carbocycles. The summed E-state index contributed by atoms with van der Waals surface area (Å²) in [6.45, 7) is 9.10. The van der Waals surface area contributed by atoms with E-state index in [9.17, 15) is 0 Å². The fraction of sp³-hybridized carbons (Fsp3) is 1.00. The second kappa shape index (κ2) is 20.0. The zero-order chi connectivity index (χ0) is 19.5. The Labute approximate surface area is 152 Å². The van der Waals surface area contributed by atoms with Crippen molar-refractivity contribution in [2.75, 3.05) is 39.6 Å². The average Bonchev–Trinajstić information content (AvgIpc) is 2.60. The van der Waals surface area contributed by atoms with E-state index in [0.717, 1.165) is 25.7 Å². The zero-order valence-corrected chi connectivity index (χ0v) is 16.4. The Hall–Kier alpha value is -0.280. The number of unbranched alkanes of at least 4 members (excludes halogenated alkanes) is 3. The number of rotatable bonds is 15. The van der Waals surface area contributed by atoms with Crippen LogP contribution in [0.4, 0.5) is 0 Å². The van der Waals surface area contributed by atoms with Crippen molar-refractivity contribution in [1.82, 2.24) is 0 Å². The van der Waals surface area contributed by atoms with Crippen LogP contribution in [0.15, 0.2) is 0 Å². The van der Waals surface area contributed by atoms with Crippen molar-refractivity contribution in [3.8, 4) is 0 Å². The van der Waals surface area contributed by atoms with E-state index in [4.69, 9.17) is 34.6 Å². The summed E-state index contributed by atoms with van der Waals surface area (Å²) in [5.74, 6) is 0. The molecule has 154 valence electrons. The summed E-state index contributed by atoms with van der Waals surface area (Å²) in [7, 11) is 0. The van der Waals surface area contributed by atoms with Crippen molar-refractivity contribution in [1.29, 1.82) is 0 Å². The lowest BCUT2D eigenvalue weighted by atomic mass is 10.2. The molecule has 0 aromatic rings. The fourth-order valence-corrected chi connectivity index (χ4v) is 1.63. The first kappa shape index (κ1) is 26.9. The van der Waals surface area contributed by atoms with Gasteiger partial charge in [-0.25, -0.2) is 0 Å². The van der Waals surface area contributed by atoms with Gasteiger partial charge in [0.05, 0.1) is 50.8 Å². The third kappa shape index (κ3) is 23.7. The fourth-order valence-electron chi connectivity index (χ4n) is 1.63. The topological polar surface area (TPSA) is 109 Å². The molecule has 0 amide bonds. The predicted octanol–water partition coefficient (Wildman–Crippen LogP) is 1.11. The van der Waals surface area contributed by atoms with E-state index in [1.54, 1.807) is 13.8 Å². The van der Waals surface area contributed by atoms with Crippen molar-refractivity contribution < 1.29 is 34.6 Å². The molecule has 0 saturated carbocycles. The summed E-state index contributed by atoms with van der Waals surface area (Å²) in [6, 6.07) is 0. The molecule has 4 N–H and O–H groups in total. The van der Waals surface area contributed by atoms with Crippen molar-refractivity contribution in [2.24, 2.45) is 0 Å². The molecule has 0 heterocycles. The van der Waals surface area contributed by atoms with E-state index >= 15 is 0 Å². The first-order valence-electron chi connectivity index (χ1n) is 9.22. The van der Waals surface area contributed by atoms with Gasteiger partial charge in [-0.1, -0.05) is 12.8 Å². The van der Waals surface area contributed by atoms with Crippen molar-refractivity contribution >= 4 is 0 Å². The molecule has 0 radical (unpaired) electrons. The molecule has 7 heteroatoms. The van der Waals surface area contributed by atoms with Gasteiger partial charge in [-0.2, -0.15) is 0 Å². The highest BCUT2D eigenvalue weighted by Gasteiger charge is 2.09. The molecular formula is C18H40O7. The minimum atomic E-state index is -0.455. The average molecular weight is 369 g/mol. The summed E-state index contributed by atoms with van der Waals surface area (Å²) in [4.78, 5) is 0. The molecule has 0 rings (SSSR count). The van der Waals surface area contributed by atoms with Crippen LogP contribution in [0.1, 0.15) is 53.4 Å². The molecule has 7 nitrogen and oxygen atoms in total. The second-order valence-corrected chi connectivity index (χ2v) is 6.32. The quantitative estimate of drug-likeness (QED) is 0.321. The summed E-state index contributed by atoms with van der Waals surface area (Å²) < 4.78 is 16.2. The maximum absolute atomic E-state index is 9.04. The van der Waals surface area contributed by atoms with Crippen LogP contribution in [0.25, 0.3) is 0 Å². The van der Waals surface area contributed by atoms with Crippen LogP contribution >= 0.6 is 0 Å². The third-order valence-corrected chi connectivity index (χ3v) is 3.18. The Balaban J connectivity index is 0. The highest BCUT2D eigenvalue weighted by atomic mass is 16.6. The summed E-state index contributed by atoms with van der Waals surface area (Å²) in [6.07, 6.45) is 3.12. The number of hydrogen-bond donors (Lipinski definition) is 4. The molecule has 0 aromatic carbocycles. The molecule has 0 bridgehead atoms. The molecule has 0 aliphatic rings. The van der Waals surface area contributed by atoms with Gasteiger partial charge in [0.2, 0.25) is 0 Å². The molecule has 0 spiro atoms. The van der Waals surface area contributed by atoms with Crippen LogP contribution in [0.3, 0.4) is 0 Å². The summed E-state index contributed by atoms with van der Waals surface area (Å²) in [5, 5.41) is 34.4. The van der Waals surface area contributed by atoms with E-state index in [1.807, 2.05) is 13.8 Å². The van der Waals surface area contributed by atoms with Crippen LogP contribution in [0.2, 0.25) is 0 Å². The molecule has 4 unspecified atom stereocenters. The minimum Gasteiger partial charge on any atom is -0.396 e. The van der Waals surface area contributed by atoms with Gasteiger partial charge in [0.15, 0.2) is 0 Å². The largest absolute Gasteiger partial charge is 0.396 e. The molecule has 0 aliphatic heterocycles. The number of hydrogen-bond acceptors (Lipinski definition) is 7. The van der Waals surface area contributed by atoms with Gasteiger partial charge in [-0.3, -0.25) is 0 Å². The standard InChI is InChI=1S/C12H26O5.C6H14O2/c1-9(14)6-15-11(3)8-17-12(4)7-16-10(2)5-13;7-5-3-1-2-4-6-8/h9-14H,5-8H2,1-4H3;7-8H,1-6H2. The van der Waals surface area contributed by atoms with Gasteiger partial charge < -0.3 is 34.6 Å². The van der Waals surface area contributed by atoms with E-state index in [2.05, 4.69) is 0 Å². The molecule has 0 saturated heterocycles. The Kier molecular flexibility index (Phi) is 21.6. The van der Waals surface area contributed by atoms with Crippen LogP contribution in [0.5, 0.6) is 0 Å². The predicted molar refractivity (Wildman–Crippen MR) is 97.6 cm³/mol. The number of aliphatic hydroxyl groups is 4. The molecule has 0 fully saturated rings. The Bertz CT molecular complexity index is 246. The van der Waals surface area contributed by atoms with Crippen LogP contribution in [-0.4, -0.2) is 84.5 Å². The second-order valence-electron chi connectivity index (χ2n) is 6.32. The maximum atomic E-state index is 9.04. The minimum absolute atomic E-state index is 0.0145. The van der Waals surface area contributed by atoms with Gasteiger partial charge in [0.1, 0.15) is 0 Å². The lowest BCUT2D eigenvalue weighted by Crippen LogP contribution is -2.27. The van der Waals surface area contributed by atoms with Crippen molar-refractivity contribution in [3.63, 3.8) is 0 Å². The van der Waals surface area contributed by atoms with Gasteiger partial charge in [0.25, 0.3) is 0 Å². The van der Waals surface area contributed by atoms with Gasteiger partial charge in [-0.15, -0.1) is 0 Å². The first-order valence-corrected chi connectivity index (χ1v) is 9.22.